The van der Waals surface area contributed by atoms with Crippen LogP contribution in [0, 0.1) is 6.92 Å². The molecule has 1 N–H and O–H groups in total. The van der Waals surface area contributed by atoms with Crippen LogP contribution in [0.3, 0.4) is 0 Å². The Morgan fingerprint density at radius 3 is 2.59 bits per heavy atom. The molecule has 182 valence electrons. The molecule has 2 fully saturated rings. The van der Waals surface area contributed by atoms with Gasteiger partial charge in [0.25, 0.3) is 5.91 Å². The number of carbonyl (C=O) groups is 1. The third-order valence-corrected chi connectivity index (χ3v) is 9.09. The van der Waals surface area contributed by atoms with Crippen LogP contribution in [-0.4, -0.2) is 58.6 Å². The highest BCUT2D eigenvalue weighted by atomic mass is 32.2. The van der Waals surface area contributed by atoms with Gasteiger partial charge in [0, 0.05) is 35.8 Å². The minimum atomic E-state index is -3.82. The zero-order valence-corrected chi connectivity index (χ0v) is 20.9. The van der Waals surface area contributed by atoms with Gasteiger partial charge in [-0.2, -0.15) is 0 Å². The predicted molar refractivity (Wildman–Crippen MR) is 132 cm³/mol. The van der Waals surface area contributed by atoms with Crippen molar-refractivity contribution in [2.75, 3.05) is 32.1 Å². The summed E-state index contributed by atoms with van der Waals surface area (Å²) < 4.78 is 34.7. The fourth-order valence-electron chi connectivity index (χ4n) is 5.83. The van der Waals surface area contributed by atoms with E-state index in [1.54, 1.807) is 12.1 Å². The molecule has 0 radical (unpaired) electrons. The Hall–Kier alpha value is -2.42. The molecule has 0 unspecified atom stereocenters. The predicted octanol–water partition coefficient (Wildman–Crippen LogP) is 3.67. The second kappa shape index (κ2) is 8.98. The molecular formula is C26H33N3O4S. The topological polar surface area (TPSA) is 79.0 Å². The number of likely N-dealkylation sites (tertiary alicyclic amines) is 1. The number of benzene rings is 2. The zero-order chi connectivity index (χ0) is 24.0. The fraction of sp³-hybridized carbons (Fsp3) is 0.500. The average molecular weight is 484 g/mol. The van der Waals surface area contributed by atoms with Gasteiger partial charge in [-0.1, -0.05) is 30.5 Å². The van der Waals surface area contributed by atoms with E-state index in [-0.39, 0.29) is 34.6 Å². The summed E-state index contributed by atoms with van der Waals surface area (Å²) >= 11 is 0. The summed E-state index contributed by atoms with van der Waals surface area (Å²) in [6, 6.07) is 11.0. The van der Waals surface area contributed by atoms with Crippen LogP contribution in [0.4, 0.5) is 5.69 Å². The largest absolute Gasteiger partial charge is 0.495 e. The Morgan fingerprint density at radius 1 is 1.09 bits per heavy atom. The van der Waals surface area contributed by atoms with Gasteiger partial charge in [-0.05, 0) is 69.6 Å². The van der Waals surface area contributed by atoms with E-state index in [1.165, 1.54) is 24.3 Å². The minimum absolute atomic E-state index is 0.0241. The average Bonchev–Trinajstić information content (AvgIpc) is 3.43. The summed E-state index contributed by atoms with van der Waals surface area (Å²) in [6.07, 6.45) is 4.59. The van der Waals surface area contributed by atoms with Crippen LogP contribution in [0.25, 0.3) is 0 Å². The molecular weight excluding hydrogens is 450 g/mol. The molecule has 0 aromatic heterocycles. The van der Waals surface area contributed by atoms with Gasteiger partial charge < -0.3 is 14.5 Å². The highest BCUT2D eigenvalue weighted by Crippen LogP contribution is 2.45. The van der Waals surface area contributed by atoms with E-state index in [4.69, 9.17) is 4.74 Å². The van der Waals surface area contributed by atoms with Gasteiger partial charge in [-0.15, -0.1) is 0 Å². The third-order valence-electron chi connectivity index (χ3n) is 7.55. The number of hydrogen-bond acceptors (Lipinski definition) is 5. The number of amides is 1. The van der Waals surface area contributed by atoms with Gasteiger partial charge in [0.2, 0.25) is 10.0 Å². The summed E-state index contributed by atoms with van der Waals surface area (Å²) in [5.74, 6) is 0.335. The zero-order valence-electron chi connectivity index (χ0n) is 20.1. The molecule has 3 aliphatic rings. The SMILES string of the molecule is COc1ccc(C(=O)N2c3ccc(C)cc3[C@H]3CN(C)CC[C@@H]32)cc1S(=O)(=O)NC1CCCC1. The standard InChI is InChI=1S/C26H33N3O4S/c1-17-8-10-22-20(14-17)21-16-28(2)13-12-23(21)29(22)26(30)18-9-11-24(33-3)25(15-18)34(31,32)27-19-6-4-5-7-19/h8-11,14-15,19,21,23,27H,4-7,12-13,16H2,1-3H3/t21-,23+/m1/s1. The van der Waals surface area contributed by atoms with Gasteiger partial charge >= 0.3 is 0 Å². The van der Waals surface area contributed by atoms with Crippen molar-refractivity contribution in [1.29, 1.82) is 0 Å². The smallest absolute Gasteiger partial charge is 0.258 e. The number of nitrogens with one attached hydrogen (secondary N) is 1. The first-order valence-corrected chi connectivity index (χ1v) is 13.6. The van der Waals surface area contributed by atoms with E-state index >= 15 is 0 Å². The molecule has 0 spiro atoms. The van der Waals surface area contributed by atoms with Gasteiger partial charge in [-0.3, -0.25) is 4.79 Å². The monoisotopic (exact) mass is 483 g/mol. The van der Waals surface area contributed by atoms with E-state index in [1.807, 2.05) is 17.0 Å². The van der Waals surface area contributed by atoms with E-state index in [0.717, 1.165) is 50.9 Å². The molecule has 34 heavy (non-hydrogen) atoms. The maximum absolute atomic E-state index is 13.9. The third kappa shape index (κ3) is 4.12. The van der Waals surface area contributed by atoms with E-state index in [0.29, 0.717) is 5.56 Å². The molecule has 2 atom stereocenters. The Bertz CT molecular complexity index is 1210. The molecule has 2 aliphatic heterocycles. The second-order valence-electron chi connectivity index (χ2n) is 9.93. The van der Waals surface area contributed by atoms with Crippen LogP contribution in [0.2, 0.25) is 0 Å². The lowest BCUT2D eigenvalue weighted by Gasteiger charge is -2.36. The minimum Gasteiger partial charge on any atom is -0.495 e. The van der Waals surface area contributed by atoms with Crippen LogP contribution < -0.4 is 14.4 Å². The molecule has 1 aliphatic carbocycles. The molecule has 2 heterocycles. The molecule has 0 bridgehead atoms. The fourth-order valence-corrected chi connectivity index (χ4v) is 7.33. The van der Waals surface area contributed by atoms with Crippen LogP contribution in [0.5, 0.6) is 5.75 Å². The number of likely N-dealkylation sites (N-methyl/N-ethyl adjacent to an activating group) is 1. The first-order chi connectivity index (χ1) is 16.3. The summed E-state index contributed by atoms with van der Waals surface area (Å²) in [7, 11) is -0.244. The van der Waals surface area contributed by atoms with E-state index in [2.05, 4.69) is 29.7 Å². The number of aryl methyl sites for hydroxylation is 1. The molecule has 1 saturated carbocycles. The van der Waals surface area contributed by atoms with Gasteiger partial charge in [0.05, 0.1) is 7.11 Å². The van der Waals surface area contributed by atoms with E-state index < -0.39 is 10.0 Å². The van der Waals surface area contributed by atoms with Crippen molar-refractivity contribution in [2.24, 2.45) is 0 Å². The number of fused-ring (bicyclic) bond motifs is 3. The molecule has 2 aromatic carbocycles. The summed E-state index contributed by atoms with van der Waals surface area (Å²) in [6.45, 7) is 3.90. The maximum Gasteiger partial charge on any atom is 0.258 e. The number of sulfonamides is 1. The Morgan fingerprint density at radius 2 is 1.85 bits per heavy atom. The number of piperidine rings is 1. The van der Waals surface area contributed by atoms with Crippen molar-refractivity contribution < 1.29 is 17.9 Å². The van der Waals surface area contributed by atoms with Gasteiger partial charge in [0.15, 0.2) is 0 Å². The molecule has 1 amide bonds. The highest BCUT2D eigenvalue weighted by Gasteiger charge is 2.44. The number of hydrogen-bond donors (Lipinski definition) is 1. The lowest BCUT2D eigenvalue weighted by Crippen LogP contribution is -2.47. The highest BCUT2D eigenvalue weighted by molar-refractivity contribution is 7.89. The Labute approximate surface area is 202 Å². The summed E-state index contributed by atoms with van der Waals surface area (Å²) in [4.78, 5) is 18.1. The first kappa shape index (κ1) is 23.3. The Balaban J connectivity index is 1.52. The second-order valence-corrected chi connectivity index (χ2v) is 11.6. The molecule has 8 heteroatoms. The van der Waals surface area contributed by atoms with Crippen molar-refractivity contribution in [3.63, 3.8) is 0 Å². The first-order valence-electron chi connectivity index (χ1n) is 12.1. The van der Waals surface area contributed by atoms with Crippen LogP contribution in [0.1, 0.15) is 59.5 Å². The molecule has 1 saturated heterocycles. The lowest BCUT2D eigenvalue weighted by molar-refractivity contribution is 0.0964. The van der Waals surface area contributed by atoms with Gasteiger partial charge in [0.1, 0.15) is 10.6 Å². The number of carbonyl (C=O) groups excluding carboxylic acids is 1. The number of methoxy groups -OCH3 is 1. The van der Waals surface area contributed by atoms with Crippen molar-refractivity contribution >= 4 is 21.6 Å². The van der Waals surface area contributed by atoms with Crippen LogP contribution >= 0.6 is 0 Å². The maximum atomic E-state index is 13.9. The van der Waals surface area contributed by atoms with Crippen LogP contribution in [0.15, 0.2) is 41.3 Å². The number of nitrogens with zero attached hydrogens (tertiary/aromatic N) is 2. The van der Waals surface area contributed by atoms with Crippen LogP contribution in [-0.2, 0) is 10.0 Å². The normalized spacial score (nSPS) is 23.1. The number of anilines is 1. The van der Waals surface area contributed by atoms with Crippen molar-refractivity contribution in [2.45, 2.75) is 61.9 Å². The molecule has 5 rings (SSSR count). The van der Waals surface area contributed by atoms with Gasteiger partial charge in [-0.25, -0.2) is 13.1 Å². The van der Waals surface area contributed by atoms with Crippen molar-refractivity contribution in [3.8, 4) is 5.75 Å². The Kier molecular flexibility index (Phi) is 6.16. The summed E-state index contributed by atoms with van der Waals surface area (Å²) in [5.41, 5.74) is 3.67. The lowest BCUT2D eigenvalue weighted by atomic mass is 9.88. The molecule has 2 aromatic rings. The van der Waals surface area contributed by atoms with E-state index in [9.17, 15) is 13.2 Å². The van der Waals surface area contributed by atoms with Crippen molar-refractivity contribution in [1.82, 2.24) is 9.62 Å². The quantitative estimate of drug-likeness (QED) is 0.702. The van der Waals surface area contributed by atoms with Crippen molar-refractivity contribution in [3.05, 3.63) is 53.1 Å². The number of ether oxygens (including phenoxy) is 1. The molecule has 7 nitrogen and oxygen atoms in total. The summed E-state index contributed by atoms with van der Waals surface area (Å²) in [5, 5.41) is 0. The number of rotatable bonds is 5.